The van der Waals surface area contributed by atoms with Gasteiger partial charge in [0.25, 0.3) is 5.91 Å². The highest BCUT2D eigenvalue weighted by Crippen LogP contribution is 2.57. The number of ether oxygens (including phenoxy) is 3. The number of nitrogens with zero attached hydrogens (tertiary/aromatic N) is 2. The van der Waals surface area contributed by atoms with Gasteiger partial charge in [0.05, 0.1) is 12.0 Å². The zero-order valence-corrected chi connectivity index (χ0v) is 31.7. The van der Waals surface area contributed by atoms with Crippen molar-refractivity contribution in [2.75, 3.05) is 33.8 Å². The van der Waals surface area contributed by atoms with Crippen molar-refractivity contribution in [2.24, 2.45) is 17.8 Å². The van der Waals surface area contributed by atoms with Crippen LogP contribution in [0.2, 0.25) is 0 Å². The summed E-state index contributed by atoms with van der Waals surface area (Å²) in [6, 6.07) is 7.17. The van der Waals surface area contributed by atoms with E-state index < -0.39 is 48.2 Å². The van der Waals surface area contributed by atoms with Crippen LogP contribution in [0.15, 0.2) is 93.1 Å². The number of Topliss-reactive ketones (excluding diaryl/α,β-unsaturated/α-hetero) is 1. The topological polar surface area (TPSA) is 152 Å². The van der Waals surface area contributed by atoms with Crippen LogP contribution in [-0.4, -0.2) is 90.2 Å². The molecule has 2 fully saturated rings. The van der Waals surface area contributed by atoms with E-state index in [1.807, 2.05) is 43.3 Å². The van der Waals surface area contributed by atoms with E-state index in [9.17, 15) is 29.1 Å². The smallest absolute Gasteiger partial charge is 0.410 e. The first kappa shape index (κ1) is 38.0. The Morgan fingerprint density at radius 1 is 1.04 bits per heavy atom. The van der Waals surface area contributed by atoms with E-state index in [1.54, 1.807) is 27.0 Å². The number of halogens is 1. The van der Waals surface area contributed by atoms with Crippen LogP contribution in [0.5, 0.6) is 0 Å². The quantitative estimate of drug-likeness (QED) is 0.248. The summed E-state index contributed by atoms with van der Waals surface area (Å²) in [6.45, 7) is 5.30. The van der Waals surface area contributed by atoms with Gasteiger partial charge in [-0.15, -0.1) is 0 Å². The summed E-state index contributed by atoms with van der Waals surface area (Å²) in [5, 5.41) is 14.0. The highest BCUT2D eigenvalue weighted by Gasteiger charge is 2.52. The maximum absolute atomic E-state index is 15.3. The van der Waals surface area contributed by atoms with Gasteiger partial charge in [-0.1, -0.05) is 54.5 Å². The lowest BCUT2D eigenvalue weighted by Crippen LogP contribution is -2.46. The maximum Gasteiger partial charge on any atom is 0.410 e. The Morgan fingerprint density at radius 2 is 1.73 bits per heavy atom. The number of allylic oxidation sites excluding steroid dienone is 10. The van der Waals surface area contributed by atoms with Crippen LogP contribution < -0.4 is 5.32 Å². The molecular weight excluding hydrogens is 709 g/mol. The second kappa shape index (κ2) is 14.7. The molecule has 13 heteroatoms. The molecule has 55 heavy (non-hydrogen) atoms. The van der Waals surface area contributed by atoms with Crippen molar-refractivity contribution in [2.45, 2.75) is 71.1 Å². The molecular formula is C42H46FN3O9. The summed E-state index contributed by atoms with van der Waals surface area (Å²) in [4.78, 5) is 67.8. The number of amides is 3. The number of rotatable bonds is 9. The number of hydrogen-bond donors (Lipinski definition) is 2. The number of aryl methyl sites for hydroxylation is 1. The molecule has 2 saturated carbocycles. The summed E-state index contributed by atoms with van der Waals surface area (Å²) >= 11 is 0. The number of likely N-dealkylation sites (N-methyl/N-ethyl adjacent to an activating group) is 2. The van der Waals surface area contributed by atoms with Gasteiger partial charge in [0, 0.05) is 51.0 Å². The molecule has 3 amide bonds. The van der Waals surface area contributed by atoms with Gasteiger partial charge in [-0.25, -0.2) is 18.8 Å². The van der Waals surface area contributed by atoms with Gasteiger partial charge in [0.1, 0.15) is 12.4 Å². The number of carbonyl (C=O) groups is 5. The number of ketones is 1. The molecule has 5 aliphatic carbocycles. The average molecular weight is 756 g/mol. The number of esters is 1. The van der Waals surface area contributed by atoms with E-state index >= 15 is 4.39 Å². The van der Waals surface area contributed by atoms with E-state index in [-0.39, 0.29) is 61.7 Å². The van der Waals surface area contributed by atoms with Gasteiger partial charge < -0.3 is 34.4 Å². The molecule has 6 aliphatic rings. The van der Waals surface area contributed by atoms with Crippen molar-refractivity contribution >= 4 is 29.8 Å². The third kappa shape index (κ3) is 7.05. The zero-order valence-electron chi connectivity index (χ0n) is 31.7. The Balaban J connectivity index is 1.02. The molecule has 1 aliphatic heterocycles. The second-order valence-electron chi connectivity index (χ2n) is 15.4. The first-order valence-corrected chi connectivity index (χ1v) is 18.8. The van der Waals surface area contributed by atoms with Crippen molar-refractivity contribution in [3.63, 3.8) is 0 Å². The van der Waals surface area contributed by atoms with Gasteiger partial charge in [0.2, 0.25) is 5.78 Å². The summed E-state index contributed by atoms with van der Waals surface area (Å²) in [5.74, 6) is -3.20. The van der Waals surface area contributed by atoms with Gasteiger partial charge >= 0.3 is 18.2 Å². The summed E-state index contributed by atoms with van der Waals surface area (Å²) < 4.78 is 31.5. The Hall–Kier alpha value is -5.30. The van der Waals surface area contributed by atoms with Gasteiger partial charge in [0.15, 0.2) is 18.0 Å². The minimum atomic E-state index is -1.73. The lowest BCUT2D eigenvalue weighted by atomic mass is 9.62. The minimum Gasteiger partial charge on any atom is -0.445 e. The van der Waals surface area contributed by atoms with Crippen LogP contribution in [0.1, 0.15) is 57.1 Å². The molecule has 1 heterocycles. The number of hydrogen-bond acceptors (Lipinski definition) is 9. The molecule has 0 bridgehead atoms. The number of carbonyl (C=O) groups excluding carboxylic acids is 5. The van der Waals surface area contributed by atoms with Crippen LogP contribution >= 0.6 is 0 Å². The largest absolute Gasteiger partial charge is 0.445 e. The molecule has 7 rings (SSSR count). The van der Waals surface area contributed by atoms with Crippen molar-refractivity contribution in [1.29, 1.82) is 0 Å². The fourth-order valence-electron chi connectivity index (χ4n) is 8.53. The normalized spacial score (nSPS) is 26.4. The van der Waals surface area contributed by atoms with Crippen LogP contribution in [-0.2, 0) is 35.2 Å². The molecule has 290 valence electrons. The second-order valence-corrected chi connectivity index (χ2v) is 15.4. The van der Waals surface area contributed by atoms with E-state index in [0.29, 0.717) is 30.4 Å². The Kier molecular flexibility index (Phi) is 10.2. The Bertz CT molecular complexity index is 2060. The van der Waals surface area contributed by atoms with Gasteiger partial charge in [-0.2, -0.15) is 0 Å². The SMILES string of the molecule is CC[C@]1(O)CC2=C(OC1=O)C(=O)C1CC3=C4C5C(=C(C)C(F)=CC5C=C3C1=C2)CC[C@@H]4NC(=O)COC(=O)N(C)CCN(C)C(=O)OCc1ccc(C)cc1. The van der Waals surface area contributed by atoms with E-state index in [1.165, 1.54) is 16.8 Å². The molecule has 0 spiro atoms. The predicted octanol–water partition coefficient (Wildman–Crippen LogP) is 5.43. The number of benzene rings is 1. The molecule has 3 unspecified atom stereocenters. The predicted molar refractivity (Wildman–Crippen MR) is 197 cm³/mol. The van der Waals surface area contributed by atoms with E-state index in [0.717, 1.165) is 39.0 Å². The number of aliphatic hydroxyl groups is 1. The highest BCUT2D eigenvalue weighted by atomic mass is 19.1. The average Bonchev–Trinajstić information content (AvgIpc) is 3.53. The van der Waals surface area contributed by atoms with Crippen molar-refractivity contribution in [3.8, 4) is 0 Å². The monoisotopic (exact) mass is 755 g/mol. The highest BCUT2D eigenvalue weighted by molar-refractivity contribution is 6.05. The van der Waals surface area contributed by atoms with Crippen molar-refractivity contribution in [3.05, 3.63) is 104 Å². The number of nitrogens with one attached hydrogen (secondary N) is 1. The Labute approximate surface area is 319 Å². The lowest BCUT2D eigenvalue weighted by molar-refractivity contribution is -0.165. The standard InChI is InChI=1S/C42H46FN3O9/c1-6-42(52)19-26-16-29-28-15-25-17-32(43)23(3)27-11-12-33(36(35(25)27)30(28)18-31(29)37(48)38(26)55-39(42)49)44-34(47)21-54-41(51)46(5)14-13-45(4)40(50)53-20-24-9-7-22(2)8-10-24/h7-10,15-17,25,31,33,35,52H,6,11-14,18-21H2,1-5H3,(H,44,47)/t25?,31?,33-,35?,42-/m0/s1. The molecule has 1 aromatic rings. The molecule has 0 saturated heterocycles. The first-order chi connectivity index (χ1) is 26.2. The first-order valence-electron chi connectivity index (χ1n) is 18.8. The molecule has 5 atom stereocenters. The van der Waals surface area contributed by atoms with Crippen molar-refractivity contribution in [1.82, 2.24) is 15.1 Å². The third-order valence-electron chi connectivity index (χ3n) is 11.8. The molecule has 2 N–H and O–H groups in total. The molecule has 1 aromatic carbocycles. The van der Waals surface area contributed by atoms with Crippen LogP contribution in [0, 0.1) is 24.7 Å². The van der Waals surface area contributed by atoms with E-state index in [2.05, 4.69) is 5.32 Å². The Morgan fingerprint density at radius 3 is 2.42 bits per heavy atom. The summed E-state index contributed by atoms with van der Waals surface area (Å²) in [7, 11) is 3.07. The van der Waals surface area contributed by atoms with Gasteiger partial charge in [-0.05, 0) is 79.0 Å². The van der Waals surface area contributed by atoms with Crippen LogP contribution in [0.4, 0.5) is 14.0 Å². The fourth-order valence-corrected chi connectivity index (χ4v) is 8.53. The van der Waals surface area contributed by atoms with Crippen molar-refractivity contribution < 1.29 is 47.7 Å². The lowest BCUT2D eigenvalue weighted by Gasteiger charge is -2.44. The van der Waals surface area contributed by atoms with Crippen LogP contribution in [0.25, 0.3) is 0 Å². The van der Waals surface area contributed by atoms with Gasteiger partial charge in [-0.3, -0.25) is 9.59 Å². The minimum absolute atomic E-state index is 0.0357. The molecule has 12 nitrogen and oxygen atoms in total. The van der Waals surface area contributed by atoms with E-state index in [4.69, 9.17) is 14.2 Å². The third-order valence-corrected chi connectivity index (χ3v) is 11.8. The molecule has 0 aromatic heterocycles. The molecule has 0 radical (unpaired) electrons. The maximum atomic E-state index is 15.3. The summed E-state index contributed by atoms with van der Waals surface area (Å²) in [6.07, 6.45) is 5.58. The van der Waals surface area contributed by atoms with Crippen LogP contribution in [0.3, 0.4) is 0 Å². The fraction of sp³-hybridized carbons (Fsp3) is 0.452. The zero-order chi connectivity index (χ0) is 39.3. The summed E-state index contributed by atoms with van der Waals surface area (Å²) in [5.41, 5.74) is 5.57. The number of fused-ring (bicyclic) bond motifs is 3.